The van der Waals surface area contributed by atoms with Crippen molar-refractivity contribution < 1.29 is 14.0 Å². The molecule has 1 aromatic carbocycles. The van der Waals surface area contributed by atoms with E-state index in [4.69, 9.17) is 11.6 Å². The van der Waals surface area contributed by atoms with Crippen LogP contribution in [0.3, 0.4) is 0 Å². The van der Waals surface area contributed by atoms with Gasteiger partial charge in [-0.25, -0.2) is 9.37 Å². The summed E-state index contributed by atoms with van der Waals surface area (Å²) in [5.41, 5.74) is 0.246. The molecule has 2 N–H and O–H groups in total. The number of carbonyl (C=O) groups is 2. The molecule has 1 aliphatic heterocycles. The summed E-state index contributed by atoms with van der Waals surface area (Å²) in [7, 11) is 0. The summed E-state index contributed by atoms with van der Waals surface area (Å²) in [4.78, 5) is 27.9. The van der Waals surface area contributed by atoms with Gasteiger partial charge in [-0.15, -0.1) is 11.3 Å². The molecular formula is C14H11ClFN3O2S. The molecule has 0 aliphatic carbocycles. The lowest BCUT2D eigenvalue weighted by Gasteiger charge is -2.07. The number of rotatable bonds is 3. The fraction of sp³-hybridized carbons (Fsp3) is 0.214. The van der Waals surface area contributed by atoms with Gasteiger partial charge in [0.05, 0.1) is 6.20 Å². The molecule has 1 atom stereocenters. The average Bonchev–Trinajstić information content (AvgIpc) is 3.12. The molecule has 8 heteroatoms. The van der Waals surface area contributed by atoms with Gasteiger partial charge in [-0.3, -0.25) is 9.59 Å². The van der Waals surface area contributed by atoms with E-state index in [1.54, 1.807) is 0 Å². The Morgan fingerprint density at radius 1 is 1.50 bits per heavy atom. The van der Waals surface area contributed by atoms with Crippen molar-refractivity contribution in [3.8, 4) is 10.6 Å². The van der Waals surface area contributed by atoms with Crippen molar-refractivity contribution in [2.45, 2.75) is 12.5 Å². The van der Waals surface area contributed by atoms with E-state index in [0.29, 0.717) is 27.9 Å². The van der Waals surface area contributed by atoms with Crippen LogP contribution in [-0.4, -0.2) is 29.4 Å². The first kappa shape index (κ1) is 14.9. The Balaban J connectivity index is 1.80. The summed E-state index contributed by atoms with van der Waals surface area (Å²) in [6.07, 6.45) is 1.92. The molecule has 1 fully saturated rings. The lowest BCUT2D eigenvalue weighted by molar-refractivity contribution is -0.120. The minimum atomic E-state index is -0.527. The molecule has 5 nitrogen and oxygen atoms in total. The van der Waals surface area contributed by atoms with Gasteiger partial charge >= 0.3 is 0 Å². The molecule has 0 bridgehead atoms. The monoisotopic (exact) mass is 339 g/mol. The van der Waals surface area contributed by atoms with E-state index in [0.717, 1.165) is 11.3 Å². The highest BCUT2D eigenvalue weighted by Gasteiger charge is 2.26. The second-order valence-electron chi connectivity index (χ2n) is 4.76. The Kier molecular flexibility index (Phi) is 4.08. The van der Waals surface area contributed by atoms with Gasteiger partial charge in [0, 0.05) is 17.1 Å². The van der Waals surface area contributed by atoms with E-state index in [2.05, 4.69) is 15.6 Å². The van der Waals surface area contributed by atoms with Crippen LogP contribution >= 0.6 is 22.9 Å². The Hall–Kier alpha value is -1.99. The van der Waals surface area contributed by atoms with E-state index in [-0.39, 0.29) is 11.5 Å². The fourth-order valence-corrected chi connectivity index (χ4v) is 3.14. The van der Waals surface area contributed by atoms with Crippen LogP contribution in [0.4, 0.5) is 4.39 Å². The maximum absolute atomic E-state index is 13.8. The van der Waals surface area contributed by atoms with Gasteiger partial charge in [0.1, 0.15) is 21.7 Å². The SMILES string of the molecule is O=C(N[C@H]1CCNC1=O)c1cnc(-c2cc(Cl)ccc2F)s1. The molecule has 0 spiro atoms. The second-order valence-corrected chi connectivity index (χ2v) is 6.23. The fourth-order valence-electron chi connectivity index (χ4n) is 2.13. The largest absolute Gasteiger partial charge is 0.354 e. The Bertz CT molecular complexity index is 749. The van der Waals surface area contributed by atoms with Crippen LogP contribution in [0.5, 0.6) is 0 Å². The predicted octanol–water partition coefficient (Wildman–Crippen LogP) is 2.22. The van der Waals surface area contributed by atoms with Crippen LogP contribution in [0, 0.1) is 5.82 Å². The molecule has 3 rings (SSSR count). The smallest absolute Gasteiger partial charge is 0.263 e. The number of nitrogens with one attached hydrogen (secondary N) is 2. The number of aromatic nitrogens is 1. The minimum Gasteiger partial charge on any atom is -0.354 e. The van der Waals surface area contributed by atoms with Gasteiger partial charge in [0.2, 0.25) is 5.91 Å². The standard InChI is InChI=1S/C14H11ClFN3O2S/c15-7-1-2-9(16)8(5-7)14-18-6-11(22-14)13(21)19-10-3-4-17-12(10)20/h1-2,5-6,10H,3-4H2,(H,17,20)(H,19,21)/t10-/m0/s1. The molecule has 1 aromatic heterocycles. The molecule has 1 saturated heterocycles. The Morgan fingerprint density at radius 2 is 2.32 bits per heavy atom. The third-order valence-corrected chi connectivity index (χ3v) is 4.51. The number of nitrogens with zero attached hydrogens (tertiary/aromatic N) is 1. The van der Waals surface area contributed by atoms with Crippen molar-refractivity contribution in [3.63, 3.8) is 0 Å². The molecule has 114 valence electrons. The number of halogens is 2. The molecule has 22 heavy (non-hydrogen) atoms. The van der Waals surface area contributed by atoms with E-state index in [1.165, 1.54) is 24.4 Å². The second kappa shape index (κ2) is 6.02. The summed E-state index contributed by atoms with van der Waals surface area (Å²) >= 11 is 6.90. The zero-order chi connectivity index (χ0) is 15.7. The van der Waals surface area contributed by atoms with Crippen molar-refractivity contribution in [3.05, 3.63) is 40.1 Å². The van der Waals surface area contributed by atoms with Crippen LogP contribution in [0.2, 0.25) is 5.02 Å². The summed E-state index contributed by atoms with van der Waals surface area (Å²) < 4.78 is 13.8. The molecule has 1 aliphatic rings. The third kappa shape index (κ3) is 2.95. The maximum atomic E-state index is 13.8. The summed E-state index contributed by atoms with van der Waals surface area (Å²) in [5, 5.41) is 6.03. The molecule has 2 heterocycles. The number of hydrogen-bond donors (Lipinski definition) is 2. The van der Waals surface area contributed by atoms with E-state index in [9.17, 15) is 14.0 Å². The highest BCUT2D eigenvalue weighted by molar-refractivity contribution is 7.16. The topological polar surface area (TPSA) is 71.1 Å². The van der Waals surface area contributed by atoms with Gasteiger partial charge in [-0.05, 0) is 24.6 Å². The summed E-state index contributed by atoms with van der Waals surface area (Å²) in [5.74, 6) is -1.05. The third-order valence-electron chi connectivity index (χ3n) is 3.24. The molecular weight excluding hydrogens is 329 g/mol. The van der Waals surface area contributed by atoms with Gasteiger partial charge in [0.15, 0.2) is 0 Å². The van der Waals surface area contributed by atoms with Crippen LogP contribution in [0.1, 0.15) is 16.1 Å². The van der Waals surface area contributed by atoms with Crippen LogP contribution < -0.4 is 10.6 Å². The highest BCUT2D eigenvalue weighted by atomic mass is 35.5. The first-order chi connectivity index (χ1) is 10.5. The lowest BCUT2D eigenvalue weighted by Crippen LogP contribution is -2.39. The number of carbonyl (C=O) groups excluding carboxylic acids is 2. The first-order valence-electron chi connectivity index (χ1n) is 6.54. The summed E-state index contributed by atoms with van der Waals surface area (Å²) in [6.45, 7) is 0.547. The minimum absolute atomic E-state index is 0.195. The van der Waals surface area contributed by atoms with Crippen LogP contribution in [-0.2, 0) is 4.79 Å². The molecule has 0 radical (unpaired) electrons. The Labute approximate surface area is 134 Å². The van der Waals surface area contributed by atoms with E-state index in [1.807, 2.05) is 0 Å². The van der Waals surface area contributed by atoms with Crippen molar-refractivity contribution >= 4 is 34.8 Å². The van der Waals surface area contributed by atoms with Crippen molar-refractivity contribution in [1.82, 2.24) is 15.6 Å². The average molecular weight is 340 g/mol. The van der Waals surface area contributed by atoms with Crippen molar-refractivity contribution in [2.75, 3.05) is 6.54 Å². The van der Waals surface area contributed by atoms with Gasteiger partial charge in [-0.1, -0.05) is 11.6 Å². The number of amides is 2. The zero-order valence-electron chi connectivity index (χ0n) is 11.2. The van der Waals surface area contributed by atoms with Crippen LogP contribution in [0.25, 0.3) is 10.6 Å². The number of thiazole rings is 1. The van der Waals surface area contributed by atoms with Crippen molar-refractivity contribution in [1.29, 1.82) is 0 Å². The predicted molar refractivity (Wildman–Crippen MR) is 81.4 cm³/mol. The maximum Gasteiger partial charge on any atom is 0.263 e. The molecule has 0 unspecified atom stereocenters. The molecule has 2 amide bonds. The lowest BCUT2D eigenvalue weighted by atomic mass is 10.2. The quantitative estimate of drug-likeness (QED) is 0.900. The van der Waals surface area contributed by atoms with E-state index < -0.39 is 17.8 Å². The highest BCUT2D eigenvalue weighted by Crippen LogP contribution is 2.29. The van der Waals surface area contributed by atoms with E-state index >= 15 is 0 Å². The summed E-state index contributed by atoms with van der Waals surface area (Å²) in [6, 6.07) is 3.63. The number of hydrogen-bond acceptors (Lipinski definition) is 4. The molecule has 0 saturated carbocycles. The zero-order valence-corrected chi connectivity index (χ0v) is 12.8. The van der Waals surface area contributed by atoms with Gasteiger partial charge < -0.3 is 10.6 Å². The van der Waals surface area contributed by atoms with Gasteiger partial charge in [-0.2, -0.15) is 0 Å². The Morgan fingerprint density at radius 3 is 3.05 bits per heavy atom. The van der Waals surface area contributed by atoms with Crippen molar-refractivity contribution in [2.24, 2.45) is 0 Å². The molecule has 2 aromatic rings. The number of benzene rings is 1. The van der Waals surface area contributed by atoms with Crippen LogP contribution in [0.15, 0.2) is 24.4 Å². The first-order valence-corrected chi connectivity index (χ1v) is 7.74. The normalized spacial score (nSPS) is 17.4. The van der Waals surface area contributed by atoms with Gasteiger partial charge in [0.25, 0.3) is 5.91 Å².